The molecule has 5 rings (SSSR count). The van der Waals surface area contributed by atoms with Gasteiger partial charge in [0, 0.05) is 37.3 Å². The number of benzene rings is 2. The van der Waals surface area contributed by atoms with E-state index in [1.807, 2.05) is 45.8 Å². The predicted molar refractivity (Wildman–Crippen MR) is 181 cm³/mol. The summed E-state index contributed by atoms with van der Waals surface area (Å²) < 4.78 is 27.1. The molecule has 1 fully saturated rings. The van der Waals surface area contributed by atoms with Gasteiger partial charge in [0.25, 0.3) is 0 Å². The number of piperazine rings is 1. The zero-order valence-corrected chi connectivity index (χ0v) is 30.0. The Balaban J connectivity index is 1.59. The monoisotopic (exact) mass is 662 g/mol. The topological polar surface area (TPSA) is 131 Å². The van der Waals surface area contributed by atoms with Gasteiger partial charge in [0.15, 0.2) is 11.6 Å². The van der Waals surface area contributed by atoms with Crippen LogP contribution in [-0.4, -0.2) is 105 Å². The van der Waals surface area contributed by atoms with Gasteiger partial charge in [-0.15, -0.1) is 10.2 Å². The number of hydrogen-bond acceptors (Lipinski definition) is 12. The lowest BCUT2D eigenvalue weighted by atomic mass is 9.96. The number of hydrogen-bond donors (Lipinski definition) is 0. The van der Waals surface area contributed by atoms with Crippen molar-refractivity contribution in [3.8, 4) is 23.0 Å². The van der Waals surface area contributed by atoms with Crippen molar-refractivity contribution in [2.75, 3.05) is 54.6 Å². The minimum Gasteiger partial charge on any atom is -0.497 e. The maximum atomic E-state index is 5.91. The van der Waals surface area contributed by atoms with Crippen molar-refractivity contribution in [3.63, 3.8) is 0 Å². The smallest absolute Gasteiger partial charge is 0.173 e. The van der Waals surface area contributed by atoms with Crippen LogP contribution in [0, 0.1) is 0 Å². The summed E-state index contributed by atoms with van der Waals surface area (Å²) in [5.41, 5.74) is 1.27. The van der Waals surface area contributed by atoms with E-state index >= 15 is 0 Å². The quantitative estimate of drug-likeness (QED) is 0.189. The highest BCUT2D eigenvalue weighted by molar-refractivity contribution is 5.46. The van der Waals surface area contributed by atoms with Crippen LogP contribution in [-0.2, 0) is 11.1 Å². The maximum absolute atomic E-state index is 5.91. The van der Waals surface area contributed by atoms with Gasteiger partial charge in [-0.2, -0.15) is 0 Å². The molecule has 0 N–H and O–H groups in total. The lowest BCUT2D eigenvalue weighted by Crippen LogP contribution is -2.50. The summed E-state index contributed by atoms with van der Waals surface area (Å²) in [6, 6.07) is 11.2. The molecule has 0 unspecified atom stereocenters. The third-order valence-corrected chi connectivity index (χ3v) is 9.90. The maximum Gasteiger partial charge on any atom is 0.173 e. The second-order valence-electron chi connectivity index (χ2n) is 13.3. The molecule has 1 saturated heterocycles. The van der Waals surface area contributed by atoms with Crippen LogP contribution in [0.5, 0.6) is 23.0 Å². The summed E-state index contributed by atoms with van der Waals surface area (Å²) in [7, 11) is 6.72. The molecule has 0 saturated carbocycles. The molecule has 2 aromatic carbocycles. The first-order valence-electron chi connectivity index (χ1n) is 16.5. The van der Waals surface area contributed by atoms with Gasteiger partial charge in [-0.1, -0.05) is 13.8 Å². The number of ether oxygens (including phenoxy) is 4. The molecule has 0 aliphatic carbocycles. The van der Waals surface area contributed by atoms with Crippen LogP contribution in [0.2, 0.25) is 0 Å². The van der Waals surface area contributed by atoms with E-state index in [9.17, 15) is 0 Å². The van der Waals surface area contributed by atoms with E-state index in [0.717, 1.165) is 58.6 Å². The van der Waals surface area contributed by atoms with Crippen molar-refractivity contribution in [3.05, 3.63) is 59.2 Å². The lowest BCUT2D eigenvalue weighted by molar-refractivity contribution is 0.0767. The van der Waals surface area contributed by atoms with E-state index in [0.29, 0.717) is 26.2 Å². The fourth-order valence-electron chi connectivity index (χ4n) is 6.25. The fraction of sp³-hybridized carbons (Fsp3) is 0.588. The molecule has 260 valence electrons. The average Bonchev–Trinajstić information content (AvgIpc) is 3.81. The van der Waals surface area contributed by atoms with Crippen LogP contribution in [0.3, 0.4) is 0 Å². The van der Waals surface area contributed by atoms with Crippen LogP contribution in [0.1, 0.15) is 89.2 Å². The molecule has 0 spiro atoms. The molecular formula is C34H50N10O4. The highest BCUT2D eigenvalue weighted by Gasteiger charge is 2.40. The van der Waals surface area contributed by atoms with Crippen LogP contribution < -0.4 is 18.9 Å². The fourth-order valence-corrected chi connectivity index (χ4v) is 6.25. The molecule has 48 heavy (non-hydrogen) atoms. The number of methoxy groups -OCH3 is 4. The minimum atomic E-state index is -0.303. The van der Waals surface area contributed by atoms with E-state index in [-0.39, 0.29) is 23.2 Å². The second kappa shape index (κ2) is 14.4. The molecule has 0 bridgehead atoms. The van der Waals surface area contributed by atoms with Gasteiger partial charge in [-0.25, -0.2) is 9.36 Å². The normalized spacial score (nSPS) is 16.0. The average molecular weight is 663 g/mol. The van der Waals surface area contributed by atoms with E-state index in [1.165, 1.54) is 0 Å². The molecule has 1 aliphatic rings. The van der Waals surface area contributed by atoms with Crippen LogP contribution >= 0.6 is 0 Å². The van der Waals surface area contributed by atoms with E-state index in [2.05, 4.69) is 82.4 Å². The number of nitrogens with zero attached hydrogens (tertiary/aromatic N) is 10. The number of rotatable bonds is 14. The lowest BCUT2D eigenvalue weighted by Gasteiger charge is -2.43. The van der Waals surface area contributed by atoms with Crippen molar-refractivity contribution in [2.24, 2.45) is 0 Å². The van der Waals surface area contributed by atoms with Gasteiger partial charge < -0.3 is 18.9 Å². The first kappa shape index (κ1) is 35.0. The van der Waals surface area contributed by atoms with Gasteiger partial charge in [-0.05, 0) is 97.8 Å². The molecule has 0 amide bonds. The Bertz CT molecular complexity index is 1540. The standard InChI is InChI=1S/C34H50N10O4/c1-11-33(3,4)43-31(35-37-39-43)29(25-21-23(45-7)13-15-27(25)47-9)41-17-19-42(20-18-41)30(26-22-24(46-8)14-16-28(26)48-10)32-36-38-40-44(32)34(5,6)12-2/h13-16,21-22,29-30H,11-12,17-20H2,1-10H3/t29-,30-/m1/s1. The van der Waals surface area contributed by atoms with Crippen LogP contribution in [0.15, 0.2) is 36.4 Å². The summed E-state index contributed by atoms with van der Waals surface area (Å²) in [4.78, 5) is 4.83. The summed E-state index contributed by atoms with van der Waals surface area (Å²) in [5.74, 6) is 4.46. The molecule has 2 atom stereocenters. The van der Waals surface area contributed by atoms with Crippen molar-refractivity contribution in [2.45, 2.75) is 77.5 Å². The highest BCUT2D eigenvalue weighted by Crippen LogP contribution is 2.41. The molecular weight excluding hydrogens is 612 g/mol. The highest BCUT2D eigenvalue weighted by atomic mass is 16.5. The third-order valence-electron chi connectivity index (χ3n) is 9.90. The second-order valence-corrected chi connectivity index (χ2v) is 13.3. The molecule has 14 heteroatoms. The van der Waals surface area contributed by atoms with Crippen LogP contribution in [0.25, 0.3) is 0 Å². The zero-order valence-electron chi connectivity index (χ0n) is 30.0. The van der Waals surface area contributed by atoms with Crippen molar-refractivity contribution < 1.29 is 18.9 Å². The van der Waals surface area contributed by atoms with Crippen molar-refractivity contribution in [1.29, 1.82) is 0 Å². The summed E-state index contributed by atoms with van der Waals surface area (Å²) in [6.45, 7) is 15.7. The molecule has 4 aromatic rings. The number of aromatic nitrogens is 8. The van der Waals surface area contributed by atoms with Gasteiger partial charge >= 0.3 is 0 Å². The Hall–Kier alpha value is -4.30. The Labute approximate surface area is 283 Å². The predicted octanol–water partition coefficient (Wildman–Crippen LogP) is 4.48. The molecule has 1 aliphatic heterocycles. The minimum absolute atomic E-state index is 0.299. The molecule has 2 aromatic heterocycles. The first-order valence-corrected chi connectivity index (χ1v) is 16.5. The Morgan fingerprint density at radius 2 is 0.979 bits per heavy atom. The largest absolute Gasteiger partial charge is 0.497 e. The zero-order chi connectivity index (χ0) is 34.6. The molecule has 0 radical (unpaired) electrons. The number of tetrazole rings is 2. The molecule has 3 heterocycles. The summed E-state index contributed by atoms with van der Waals surface area (Å²) in [6.07, 6.45) is 1.71. The van der Waals surface area contributed by atoms with Gasteiger partial charge in [0.05, 0.1) is 39.5 Å². The SMILES string of the molecule is CCC(C)(C)n1nnnc1[C@@H](c1cc(OC)ccc1OC)N1CCN([C@H](c2cc(OC)ccc2OC)c2nnnn2C(C)(C)CC)CC1. The molecule has 14 nitrogen and oxygen atoms in total. The summed E-state index contributed by atoms with van der Waals surface area (Å²) in [5, 5.41) is 26.6. The van der Waals surface area contributed by atoms with E-state index < -0.39 is 0 Å². The Kier molecular flexibility index (Phi) is 10.5. The Morgan fingerprint density at radius 1 is 0.604 bits per heavy atom. The van der Waals surface area contributed by atoms with E-state index in [4.69, 9.17) is 18.9 Å². The van der Waals surface area contributed by atoms with Crippen LogP contribution in [0.4, 0.5) is 0 Å². The van der Waals surface area contributed by atoms with Crippen molar-refractivity contribution in [1.82, 2.24) is 50.2 Å². The summed E-state index contributed by atoms with van der Waals surface area (Å²) >= 11 is 0. The van der Waals surface area contributed by atoms with Gasteiger partial charge in [0.1, 0.15) is 35.1 Å². The van der Waals surface area contributed by atoms with Gasteiger partial charge in [0.2, 0.25) is 0 Å². The van der Waals surface area contributed by atoms with Gasteiger partial charge in [-0.3, -0.25) is 9.80 Å². The third kappa shape index (κ3) is 6.68. The Morgan fingerprint density at radius 3 is 1.29 bits per heavy atom. The van der Waals surface area contributed by atoms with Crippen molar-refractivity contribution >= 4 is 0 Å². The first-order chi connectivity index (χ1) is 23.0. The van der Waals surface area contributed by atoms with E-state index in [1.54, 1.807) is 28.4 Å².